The van der Waals surface area contributed by atoms with Crippen LogP contribution in [0.2, 0.25) is 5.02 Å². The van der Waals surface area contributed by atoms with Crippen molar-refractivity contribution in [2.45, 2.75) is 18.2 Å². The number of piperazine rings is 1. The second-order valence-corrected chi connectivity index (χ2v) is 10.6. The van der Waals surface area contributed by atoms with Gasteiger partial charge in [-0.05, 0) is 36.2 Å². The van der Waals surface area contributed by atoms with Crippen LogP contribution >= 0.6 is 22.9 Å². The van der Waals surface area contributed by atoms with Crippen LogP contribution in [0.3, 0.4) is 0 Å². The molecule has 1 aliphatic rings. The standard InChI is InChI=1S/C22H24ClN3O3S2/c1-16-5-3-4-6-17(16)13-19-15-30-22(24-19)25-9-11-26(12-10-25)31(27,28)21-14-18(23)7-8-20(21)29-2/h3-8,14-15H,9-13H2,1-2H3. The number of ether oxygens (including phenoxy) is 1. The lowest BCUT2D eigenvalue weighted by Gasteiger charge is -2.34. The number of sulfonamides is 1. The van der Waals surface area contributed by atoms with Crippen LogP contribution in [0.5, 0.6) is 5.75 Å². The van der Waals surface area contributed by atoms with Crippen molar-refractivity contribution in [2.24, 2.45) is 0 Å². The normalized spacial score (nSPS) is 15.3. The molecule has 0 bridgehead atoms. The molecule has 2 aromatic carbocycles. The lowest BCUT2D eigenvalue weighted by molar-refractivity contribution is 0.374. The Hall–Kier alpha value is -2.13. The van der Waals surface area contributed by atoms with Crippen molar-refractivity contribution in [1.82, 2.24) is 9.29 Å². The third kappa shape index (κ3) is 4.72. The fraction of sp³-hybridized carbons (Fsp3) is 0.318. The predicted molar refractivity (Wildman–Crippen MR) is 125 cm³/mol. The van der Waals surface area contributed by atoms with Crippen molar-refractivity contribution >= 4 is 38.1 Å². The van der Waals surface area contributed by atoms with Crippen LogP contribution in [0.25, 0.3) is 0 Å². The molecule has 1 aliphatic heterocycles. The number of thiazole rings is 1. The number of anilines is 1. The summed E-state index contributed by atoms with van der Waals surface area (Å²) >= 11 is 7.64. The molecule has 1 fully saturated rings. The third-order valence-corrected chi connectivity index (χ3v) is 8.53. The molecule has 1 aromatic heterocycles. The molecule has 0 unspecified atom stereocenters. The van der Waals surface area contributed by atoms with Crippen LogP contribution in [0.15, 0.2) is 52.7 Å². The zero-order valence-electron chi connectivity index (χ0n) is 17.4. The lowest BCUT2D eigenvalue weighted by Crippen LogP contribution is -2.48. The lowest BCUT2D eigenvalue weighted by atomic mass is 10.1. The van der Waals surface area contributed by atoms with Crippen LogP contribution in [-0.2, 0) is 16.4 Å². The van der Waals surface area contributed by atoms with E-state index < -0.39 is 10.0 Å². The second kappa shape index (κ2) is 9.16. The number of benzene rings is 2. The molecule has 164 valence electrons. The highest BCUT2D eigenvalue weighted by Gasteiger charge is 2.31. The number of hydrogen-bond acceptors (Lipinski definition) is 6. The first-order valence-electron chi connectivity index (χ1n) is 9.96. The Bertz CT molecular complexity index is 1170. The summed E-state index contributed by atoms with van der Waals surface area (Å²) in [6, 6.07) is 13.0. The summed E-state index contributed by atoms with van der Waals surface area (Å²) in [4.78, 5) is 7.04. The number of aromatic nitrogens is 1. The van der Waals surface area contributed by atoms with Gasteiger partial charge in [0.2, 0.25) is 10.0 Å². The largest absolute Gasteiger partial charge is 0.495 e. The maximum Gasteiger partial charge on any atom is 0.246 e. The van der Waals surface area contributed by atoms with E-state index in [9.17, 15) is 8.42 Å². The van der Waals surface area contributed by atoms with Crippen LogP contribution < -0.4 is 9.64 Å². The summed E-state index contributed by atoms with van der Waals surface area (Å²) in [5, 5.41) is 3.38. The van der Waals surface area contributed by atoms with Crippen molar-refractivity contribution in [3.8, 4) is 5.75 Å². The van der Waals surface area contributed by atoms with Gasteiger partial charge < -0.3 is 9.64 Å². The van der Waals surface area contributed by atoms with E-state index in [1.165, 1.54) is 28.6 Å². The first-order chi connectivity index (χ1) is 14.9. The van der Waals surface area contributed by atoms with Gasteiger partial charge >= 0.3 is 0 Å². The fourth-order valence-corrected chi connectivity index (χ4v) is 6.36. The monoisotopic (exact) mass is 477 g/mol. The minimum Gasteiger partial charge on any atom is -0.495 e. The molecule has 0 radical (unpaired) electrons. The summed E-state index contributed by atoms with van der Waals surface area (Å²) in [6.07, 6.45) is 0.798. The van der Waals surface area contributed by atoms with Gasteiger partial charge in [0.25, 0.3) is 0 Å². The van der Waals surface area contributed by atoms with Crippen LogP contribution in [0.4, 0.5) is 5.13 Å². The van der Waals surface area contributed by atoms with E-state index >= 15 is 0 Å². The van der Waals surface area contributed by atoms with E-state index in [0.29, 0.717) is 37.0 Å². The summed E-state index contributed by atoms with van der Waals surface area (Å²) in [5.74, 6) is 0.299. The predicted octanol–water partition coefficient (Wildman–Crippen LogP) is 4.22. The average Bonchev–Trinajstić information content (AvgIpc) is 3.24. The first kappa shape index (κ1) is 22.1. The molecule has 0 spiro atoms. The number of halogens is 1. The molecule has 0 saturated carbocycles. The van der Waals surface area contributed by atoms with Gasteiger partial charge in [-0.2, -0.15) is 4.31 Å². The molecule has 0 N–H and O–H groups in total. The molecule has 9 heteroatoms. The molecular weight excluding hydrogens is 454 g/mol. The van der Waals surface area contributed by atoms with Gasteiger partial charge in [0.05, 0.1) is 12.8 Å². The average molecular weight is 478 g/mol. The van der Waals surface area contributed by atoms with E-state index in [4.69, 9.17) is 21.3 Å². The van der Waals surface area contributed by atoms with Crippen molar-refractivity contribution in [3.05, 3.63) is 69.7 Å². The molecule has 6 nitrogen and oxygen atoms in total. The van der Waals surface area contributed by atoms with Gasteiger partial charge in [0, 0.05) is 43.0 Å². The molecule has 31 heavy (non-hydrogen) atoms. The van der Waals surface area contributed by atoms with Crippen molar-refractivity contribution in [2.75, 3.05) is 38.2 Å². The Morgan fingerprint density at radius 1 is 1.13 bits per heavy atom. The topological polar surface area (TPSA) is 62.7 Å². The van der Waals surface area contributed by atoms with Crippen LogP contribution in [0.1, 0.15) is 16.8 Å². The molecular formula is C22H24ClN3O3S2. The molecule has 0 amide bonds. The van der Waals surface area contributed by atoms with E-state index in [1.54, 1.807) is 23.5 Å². The first-order valence-corrected chi connectivity index (χ1v) is 12.7. The highest BCUT2D eigenvalue weighted by Crippen LogP contribution is 2.31. The van der Waals surface area contributed by atoms with Crippen LogP contribution in [0, 0.1) is 6.92 Å². The van der Waals surface area contributed by atoms with Gasteiger partial charge in [0.15, 0.2) is 5.13 Å². The molecule has 1 saturated heterocycles. The zero-order valence-corrected chi connectivity index (χ0v) is 19.8. The smallest absolute Gasteiger partial charge is 0.246 e. The minimum atomic E-state index is -3.69. The quantitative estimate of drug-likeness (QED) is 0.532. The molecule has 4 rings (SSSR count). The van der Waals surface area contributed by atoms with Gasteiger partial charge in [0.1, 0.15) is 10.6 Å². The fourth-order valence-electron chi connectivity index (χ4n) is 3.64. The molecule has 0 atom stereocenters. The van der Waals surface area contributed by atoms with E-state index in [0.717, 1.165) is 17.2 Å². The van der Waals surface area contributed by atoms with Crippen LogP contribution in [-0.4, -0.2) is 51.0 Å². The van der Waals surface area contributed by atoms with Crippen molar-refractivity contribution in [1.29, 1.82) is 0 Å². The molecule has 0 aliphatic carbocycles. The van der Waals surface area contributed by atoms with Gasteiger partial charge in [-0.3, -0.25) is 0 Å². The second-order valence-electron chi connectivity index (χ2n) is 7.41. The summed E-state index contributed by atoms with van der Waals surface area (Å²) in [7, 11) is -2.24. The summed E-state index contributed by atoms with van der Waals surface area (Å²) in [6.45, 7) is 4.03. The Labute approximate surface area is 192 Å². The summed E-state index contributed by atoms with van der Waals surface area (Å²) in [5.41, 5.74) is 3.56. The van der Waals surface area contributed by atoms with Crippen molar-refractivity contribution in [3.63, 3.8) is 0 Å². The maximum absolute atomic E-state index is 13.2. The number of methoxy groups -OCH3 is 1. The van der Waals surface area contributed by atoms with Gasteiger partial charge in [-0.25, -0.2) is 13.4 Å². The Morgan fingerprint density at radius 2 is 1.87 bits per heavy atom. The van der Waals surface area contributed by atoms with Crippen molar-refractivity contribution < 1.29 is 13.2 Å². The van der Waals surface area contributed by atoms with E-state index in [-0.39, 0.29) is 4.90 Å². The number of nitrogens with zero attached hydrogens (tertiary/aromatic N) is 3. The number of rotatable bonds is 6. The highest BCUT2D eigenvalue weighted by atomic mass is 35.5. The highest BCUT2D eigenvalue weighted by molar-refractivity contribution is 7.89. The number of aryl methyl sites for hydroxylation is 1. The minimum absolute atomic E-state index is 0.103. The van der Waals surface area contributed by atoms with E-state index in [1.807, 2.05) is 12.1 Å². The Kier molecular flexibility index (Phi) is 6.52. The zero-order chi connectivity index (χ0) is 22.0. The van der Waals surface area contributed by atoms with E-state index in [2.05, 4.69) is 29.3 Å². The molecule has 2 heterocycles. The van der Waals surface area contributed by atoms with Gasteiger partial charge in [-0.1, -0.05) is 35.9 Å². The van der Waals surface area contributed by atoms with Gasteiger partial charge in [-0.15, -0.1) is 11.3 Å². The Morgan fingerprint density at radius 3 is 2.58 bits per heavy atom. The number of hydrogen-bond donors (Lipinski definition) is 0. The SMILES string of the molecule is COc1ccc(Cl)cc1S(=O)(=O)N1CCN(c2nc(Cc3ccccc3C)cs2)CC1. The maximum atomic E-state index is 13.2. The molecule has 3 aromatic rings. The summed E-state index contributed by atoms with van der Waals surface area (Å²) < 4.78 is 33.0. The third-order valence-electron chi connectivity index (χ3n) is 5.43. The Balaban J connectivity index is 1.44.